The van der Waals surface area contributed by atoms with Gasteiger partial charge in [0.1, 0.15) is 36.5 Å². The highest BCUT2D eigenvalue weighted by molar-refractivity contribution is 5.92. The van der Waals surface area contributed by atoms with Crippen LogP contribution < -0.4 is 10.1 Å². The van der Waals surface area contributed by atoms with Crippen molar-refractivity contribution in [2.24, 2.45) is 4.99 Å². The summed E-state index contributed by atoms with van der Waals surface area (Å²) in [5.41, 5.74) is 4.43. The van der Waals surface area contributed by atoms with E-state index in [1.165, 1.54) is 0 Å². The summed E-state index contributed by atoms with van der Waals surface area (Å²) in [5.74, 6) is 2.71. The molecule has 9 heteroatoms. The van der Waals surface area contributed by atoms with Crippen LogP contribution in [-0.2, 0) is 11.2 Å². The van der Waals surface area contributed by atoms with Gasteiger partial charge in [-0.2, -0.15) is 0 Å². The molecule has 0 saturated carbocycles. The molecule has 2 aromatic carbocycles. The van der Waals surface area contributed by atoms with Gasteiger partial charge in [-0.3, -0.25) is 4.40 Å². The summed E-state index contributed by atoms with van der Waals surface area (Å²) in [5, 5.41) is 4.37. The number of imidazole rings is 1. The van der Waals surface area contributed by atoms with Gasteiger partial charge in [-0.1, -0.05) is 6.07 Å². The third kappa shape index (κ3) is 4.43. The van der Waals surface area contributed by atoms with E-state index < -0.39 is 0 Å². The van der Waals surface area contributed by atoms with E-state index in [4.69, 9.17) is 9.47 Å². The Bertz CT molecular complexity index is 1620. The number of hydrogen-bond acceptors (Lipinski definition) is 8. The van der Waals surface area contributed by atoms with E-state index in [9.17, 15) is 0 Å². The predicted octanol–water partition coefficient (Wildman–Crippen LogP) is 5.27. The summed E-state index contributed by atoms with van der Waals surface area (Å²) in [6.45, 7) is 6.75. The molecule has 0 amide bonds. The number of anilines is 2. The van der Waals surface area contributed by atoms with Gasteiger partial charge < -0.3 is 14.8 Å². The molecule has 0 bridgehead atoms. The zero-order valence-electron chi connectivity index (χ0n) is 20.3. The third-order valence-corrected chi connectivity index (χ3v) is 5.99. The van der Waals surface area contributed by atoms with Gasteiger partial charge in [0.05, 0.1) is 11.1 Å². The van der Waals surface area contributed by atoms with Gasteiger partial charge in [0.15, 0.2) is 5.90 Å². The van der Waals surface area contributed by atoms with Gasteiger partial charge in [0, 0.05) is 36.0 Å². The fourth-order valence-corrected chi connectivity index (χ4v) is 4.19. The van der Waals surface area contributed by atoms with Crippen LogP contribution in [0.4, 0.5) is 11.5 Å². The summed E-state index contributed by atoms with van der Waals surface area (Å²) < 4.78 is 13.6. The molecule has 5 aromatic rings. The van der Waals surface area contributed by atoms with E-state index in [1.54, 1.807) is 24.9 Å². The number of nitrogens with one attached hydrogen (secondary N) is 1. The molecular formula is C27H25N7O2. The van der Waals surface area contributed by atoms with E-state index in [0.29, 0.717) is 18.9 Å². The van der Waals surface area contributed by atoms with Crippen molar-refractivity contribution in [1.82, 2.24) is 24.3 Å². The zero-order chi connectivity index (χ0) is 24.7. The SMILES string of the molecule is Cc1cc(Nc2ncnc3ccc(CC4=NC(C)(C)CO4)cc23)ccc1Oc1cc2nccn2cn1. The first-order valence-corrected chi connectivity index (χ1v) is 11.7. The molecule has 4 heterocycles. The molecule has 180 valence electrons. The van der Waals surface area contributed by atoms with Crippen LogP contribution in [0.15, 0.2) is 72.5 Å². The topological polar surface area (TPSA) is 98.8 Å². The molecule has 6 rings (SSSR count). The van der Waals surface area contributed by atoms with Gasteiger partial charge in [0.25, 0.3) is 0 Å². The molecule has 1 aliphatic heterocycles. The van der Waals surface area contributed by atoms with Crippen molar-refractivity contribution in [2.45, 2.75) is 32.7 Å². The van der Waals surface area contributed by atoms with Crippen LogP contribution in [0, 0.1) is 6.92 Å². The van der Waals surface area contributed by atoms with Crippen molar-refractivity contribution in [1.29, 1.82) is 0 Å². The number of aromatic nitrogens is 5. The lowest BCUT2D eigenvalue weighted by Gasteiger charge is -2.12. The highest BCUT2D eigenvalue weighted by Gasteiger charge is 2.26. The monoisotopic (exact) mass is 479 g/mol. The lowest BCUT2D eigenvalue weighted by Crippen LogP contribution is -2.17. The largest absolute Gasteiger partial charge is 0.478 e. The molecule has 9 nitrogen and oxygen atoms in total. The van der Waals surface area contributed by atoms with E-state index in [2.05, 4.69) is 56.2 Å². The minimum Gasteiger partial charge on any atom is -0.478 e. The van der Waals surface area contributed by atoms with Crippen LogP contribution in [0.3, 0.4) is 0 Å². The Morgan fingerprint density at radius 3 is 2.81 bits per heavy atom. The minimum absolute atomic E-state index is 0.169. The molecule has 1 aliphatic rings. The van der Waals surface area contributed by atoms with Gasteiger partial charge in [0.2, 0.25) is 5.88 Å². The van der Waals surface area contributed by atoms with Crippen molar-refractivity contribution in [3.8, 4) is 11.6 Å². The fourth-order valence-electron chi connectivity index (χ4n) is 4.19. The van der Waals surface area contributed by atoms with Crippen molar-refractivity contribution >= 4 is 34.0 Å². The number of rotatable bonds is 6. The lowest BCUT2D eigenvalue weighted by molar-refractivity contribution is 0.275. The smallest absolute Gasteiger partial charge is 0.224 e. The predicted molar refractivity (Wildman–Crippen MR) is 138 cm³/mol. The lowest BCUT2D eigenvalue weighted by atomic mass is 10.1. The van der Waals surface area contributed by atoms with Gasteiger partial charge in [-0.05, 0) is 62.2 Å². The molecule has 0 aliphatic carbocycles. The third-order valence-electron chi connectivity index (χ3n) is 5.99. The fraction of sp³-hybridized carbons (Fsp3) is 0.222. The van der Waals surface area contributed by atoms with E-state index in [-0.39, 0.29) is 5.54 Å². The van der Waals surface area contributed by atoms with Crippen LogP contribution in [0.2, 0.25) is 0 Å². The Hall–Kier alpha value is -4.53. The first kappa shape index (κ1) is 22.0. The minimum atomic E-state index is -0.169. The van der Waals surface area contributed by atoms with Crippen molar-refractivity contribution in [3.63, 3.8) is 0 Å². The Balaban J connectivity index is 1.23. The normalized spacial score (nSPS) is 14.6. The van der Waals surface area contributed by atoms with Crippen molar-refractivity contribution in [3.05, 3.63) is 78.6 Å². The maximum Gasteiger partial charge on any atom is 0.224 e. The van der Waals surface area contributed by atoms with Crippen molar-refractivity contribution < 1.29 is 9.47 Å². The Kier molecular flexibility index (Phi) is 5.25. The van der Waals surface area contributed by atoms with Crippen LogP contribution in [-0.4, -0.2) is 42.4 Å². The molecule has 0 radical (unpaired) electrons. The van der Waals surface area contributed by atoms with E-state index in [0.717, 1.165) is 50.8 Å². The van der Waals surface area contributed by atoms with Gasteiger partial charge in [-0.15, -0.1) is 0 Å². The molecule has 36 heavy (non-hydrogen) atoms. The van der Waals surface area contributed by atoms with Gasteiger partial charge >= 0.3 is 0 Å². The first-order valence-electron chi connectivity index (χ1n) is 11.7. The Labute approximate surface area is 207 Å². The molecule has 0 unspecified atom stereocenters. The molecular weight excluding hydrogens is 454 g/mol. The molecule has 3 aromatic heterocycles. The highest BCUT2D eigenvalue weighted by atomic mass is 16.5. The van der Waals surface area contributed by atoms with Crippen molar-refractivity contribution in [2.75, 3.05) is 11.9 Å². The molecule has 0 saturated heterocycles. The average Bonchev–Trinajstić information content (AvgIpc) is 3.46. The molecule has 0 spiro atoms. The number of aliphatic imine (C=N–C) groups is 1. The number of ether oxygens (including phenoxy) is 2. The number of hydrogen-bond donors (Lipinski definition) is 1. The quantitative estimate of drug-likeness (QED) is 0.354. The second kappa shape index (κ2) is 8.60. The second-order valence-corrected chi connectivity index (χ2v) is 9.48. The summed E-state index contributed by atoms with van der Waals surface area (Å²) >= 11 is 0. The highest BCUT2D eigenvalue weighted by Crippen LogP contribution is 2.30. The second-order valence-electron chi connectivity index (χ2n) is 9.48. The first-order chi connectivity index (χ1) is 17.4. The number of fused-ring (bicyclic) bond motifs is 2. The Morgan fingerprint density at radius 2 is 1.97 bits per heavy atom. The number of nitrogens with zero attached hydrogens (tertiary/aromatic N) is 6. The zero-order valence-corrected chi connectivity index (χ0v) is 20.3. The number of benzene rings is 2. The maximum atomic E-state index is 6.01. The Morgan fingerprint density at radius 1 is 1.06 bits per heavy atom. The van der Waals surface area contributed by atoms with Crippen LogP contribution in [0.25, 0.3) is 16.6 Å². The molecule has 0 fully saturated rings. The standard InChI is InChI=1S/C27H25N7O2/c1-17-10-19(5-7-22(17)36-24-13-23-28-8-9-34(23)16-31-24)32-26-20-11-18(4-6-21(20)29-15-30-26)12-25-33-27(2,3)14-35-25/h4-11,13,15-16H,12,14H2,1-3H3,(H,29,30,32). The van der Waals surface area contributed by atoms with E-state index >= 15 is 0 Å². The van der Waals surface area contributed by atoms with Crippen LogP contribution >= 0.6 is 0 Å². The summed E-state index contributed by atoms with van der Waals surface area (Å²) in [4.78, 5) is 22.2. The summed E-state index contributed by atoms with van der Waals surface area (Å²) in [6, 6.07) is 13.9. The van der Waals surface area contributed by atoms with Crippen LogP contribution in [0.5, 0.6) is 11.6 Å². The van der Waals surface area contributed by atoms with E-state index in [1.807, 2.05) is 41.8 Å². The summed E-state index contributed by atoms with van der Waals surface area (Å²) in [6.07, 6.45) is 7.46. The maximum absolute atomic E-state index is 6.01. The summed E-state index contributed by atoms with van der Waals surface area (Å²) in [7, 11) is 0. The van der Waals surface area contributed by atoms with Gasteiger partial charge in [-0.25, -0.2) is 24.9 Å². The van der Waals surface area contributed by atoms with Crippen LogP contribution in [0.1, 0.15) is 25.0 Å². The molecule has 1 N–H and O–H groups in total. The number of aryl methyl sites for hydroxylation is 1. The average molecular weight is 480 g/mol. The molecule has 0 atom stereocenters.